The monoisotopic (exact) mass is 527 g/mol. The Kier molecular flexibility index (Phi) is 9.79. The van der Waals surface area contributed by atoms with Crippen LogP contribution in [0.15, 0.2) is 48.5 Å². The first-order valence-electron chi connectivity index (χ1n) is 11.8. The second-order valence-corrected chi connectivity index (χ2v) is 9.80. The summed E-state index contributed by atoms with van der Waals surface area (Å²) in [6, 6.07) is 14.7. The SMILES string of the molecule is CCOCCC(=O)NCC(C(=O)NCCC(=O)N1Cc2ccccc2C#Cc2ccccc21)S(=O)(=O)O. The zero-order valence-corrected chi connectivity index (χ0v) is 21.2. The number of carbonyl (C=O) groups excluding carboxylic acids is 3. The fourth-order valence-electron chi connectivity index (χ4n) is 3.69. The third kappa shape index (κ3) is 7.88. The predicted octanol–water partition coefficient (Wildman–Crippen LogP) is 1.24. The van der Waals surface area contributed by atoms with E-state index in [1.165, 1.54) is 0 Å². The fraction of sp³-hybridized carbons (Fsp3) is 0.346. The van der Waals surface area contributed by atoms with Gasteiger partial charge in [0.15, 0.2) is 5.25 Å². The molecule has 0 saturated carbocycles. The van der Waals surface area contributed by atoms with Crippen LogP contribution in [0.5, 0.6) is 0 Å². The van der Waals surface area contributed by atoms with E-state index in [1.54, 1.807) is 24.0 Å². The second-order valence-electron chi connectivity index (χ2n) is 8.20. The zero-order valence-electron chi connectivity index (χ0n) is 20.4. The maximum atomic E-state index is 13.2. The minimum atomic E-state index is -4.81. The molecular weight excluding hydrogens is 498 g/mol. The largest absolute Gasteiger partial charge is 0.381 e. The van der Waals surface area contributed by atoms with Crippen molar-refractivity contribution in [2.75, 3.05) is 31.2 Å². The fourth-order valence-corrected chi connectivity index (χ4v) is 4.33. The first-order valence-corrected chi connectivity index (χ1v) is 13.3. The number of nitrogens with zero attached hydrogens (tertiary/aromatic N) is 1. The number of hydrogen-bond acceptors (Lipinski definition) is 6. The molecule has 1 heterocycles. The van der Waals surface area contributed by atoms with Crippen molar-refractivity contribution in [3.63, 3.8) is 0 Å². The predicted molar refractivity (Wildman–Crippen MR) is 137 cm³/mol. The molecular formula is C26H29N3O7S. The smallest absolute Gasteiger partial charge is 0.278 e. The summed E-state index contributed by atoms with van der Waals surface area (Å²) in [4.78, 5) is 39.1. The lowest BCUT2D eigenvalue weighted by Crippen LogP contribution is -2.47. The number of carbonyl (C=O) groups is 3. The molecule has 3 amide bonds. The van der Waals surface area contributed by atoms with Gasteiger partial charge in [0, 0.05) is 43.7 Å². The van der Waals surface area contributed by atoms with Crippen molar-refractivity contribution in [3.05, 3.63) is 65.2 Å². The van der Waals surface area contributed by atoms with Gasteiger partial charge in [-0.2, -0.15) is 8.42 Å². The van der Waals surface area contributed by atoms with Crippen LogP contribution in [0, 0.1) is 11.8 Å². The van der Waals surface area contributed by atoms with E-state index in [0.29, 0.717) is 17.9 Å². The Morgan fingerprint density at radius 3 is 2.43 bits per heavy atom. The van der Waals surface area contributed by atoms with Gasteiger partial charge < -0.3 is 20.3 Å². The van der Waals surface area contributed by atoms with E-state index in [1.807, 2.05) is 36.4 Å². The van der Waals surface area contributed by atoms with Crippen molar-refractivity contribution in [1.82, 2.24) is 10.6 Å². The normalized spacial score (nSPS) is 13.1. The maximum absolute atomic E-state index is 13.2. The van der Waals surface area contributed by atoms with Crippen molar-refractivity contribution in [2.24, 2.45) is 0 Å². The Balaban J connectivity index is 1.64. The van der Waals surface area contributed by atoms with Crippen LogP contribution in [0.2, 0.25) is 0 Å². The van der Waals surface area contributed by atoms with Gasteiger partial charge >= 0.3 is 0 Å². The van der Waals surface area contributed by atoms with Gasteiger partial charge in [-0.3, -0.25) is 18.9 Å². The highest BCUT2D eigenvalue weighted by atomic mass is 32.2. The number of para-hydroxylation sites is 1. The highest BCUT2D eigenvalue weighted by Crippen LogP contribution is 2.25. The van der Waals surface area contributed by atoms with Crippen LogP contribution < -0.4 is 15.5 Å². The summed E-state index contributed by atoms with van der Waals surface area (Å²) >= 11 is 0. The number of amides is 3. The van der Waals surface area contributed by atoms with E-state index in [4.69, 9.17) is 4.74 Å². The minimum absolute atomic E-state index is 0.0209. The van der Waals surface area contributed by atoms with Gasteiger partial charge in [-0.15, -0.1) is 0 Å². The first kappa shape index (κ1) is 27.9. The number of fused-ring (bicyclic) bond motifs is 2. The Bertz CT molecular complexity index is 1310. The Hall–Kier alpha value is -3.72. The molecule has 1 atom stereocenters. The molecule has 0 spiro atoms. The number of rotatable bonds is 11. The van der Waals surface area contributed by atoms with Gasteiger partial charge in [0.1, 0.15) is 0 Å². The number of hydrogen-bond donors (Lipinski definition) is 3. The summed E-state index contributed by atoms with van der Waals surface area (Å²) in [5.41, 5.74) is 2.99. The third-order valence-corrected chi connectivity index (χ3v) is 6.73. The van der Waals surface area contributed by atoms with Crippen molar-refractivity contribution in [1.29, 1.82) is 0 Å². The van der Waals surface area contributed by atoms with Crippen LogP contribution >= 0.6 is 0 Å². The summed E-state index contributed by atoms with van der Waals surface area (Å²) in [6.07, 6.45) is -0.151. The van der Waals surface area contributed by atoms with Crippen LogP contribution in [-0.2, 0) is 35.8 Å². The topological polar surface area (TPSA) is 142 Å². The number of nitrogens with one attached hydrogen (secondary N) is 2. The third-order valence-electron chi connectivity index (χ3n) is 5.63. The van der Waals surface area contributed by atoms with Gasteiger partial charge in [0.05, 0.1) is 18.8 Å². The van der Waals surface area contributed by atoms with Crippen LogP contribution in [0.4, 0.5) is 5.69 Å². The molecule has 1 unspecified atom stereocenters. The molecule has 2 aromatic rings. The van der Waals surface area contributed by atoms with E-state index < -0.39 is 33.7 Å². The molecule has 1 aliphatic rings. The van der Waals surface area contributed by atoms with E-state index in [0.717, 1.165) is 11.1 Å². The zero-order chi connectivity index (χ0) is 26.8. The molecule has 3 rings (SSSR count). The lowest BCUT2D eigenvalue weighted by Gasteiger charge is -2.26. The van der Waals surface area contributed by atoms with Crippen LogP contribution in [0.1, 0.15) is 36.5 Å². The van der Waals surface area contributed by atoms with Gasteiger partial charge in [-0.25, -0.2) is 0 Å². The molecule has 0 aromatic heterocycles. The number of benzene rings is 2. The Morgan fingerprint density at radius 2 is 1.70 bits per heavy atom. The van der Waals surface area contributed by atoms with Gasteiger partial charge in [-0.1, -0.05) is 42.2 Å². The van der Waals surface area contributed by atoms with E-state index in [2.05, 4.69) is 22.5 Å². The molecule has 0 bridgehead atoms. The molecule has 11 heteroatoms. The van der Waals surface area contributed by atoms with Crippen LogP contribution in [0.3, 0.4) is 0 Å². The lowest BCUT2D eigenvalue weighted by atomic mass is 10.0. The maximum Gasteiger partial charge on any atom is 0.278 e. The minimum Gasteiger partial charge on any atom is -0.381 e. The van der Waals surface area contributed by atoms with E-state index in [-0.39, 0.29) is 38.4 Å². The van der Waals surface area contributed by atoms with Crippen molar-refractivity contribution < 1.29 is 32.1 Å². The summed E-state index contributed by atoms with van der Waals surface area (Å²) in [5.74, 6) is 4.38. The van der Waals surface area contributed by atoms with Crippen LogP contribution in [-0.4, -0.2) is 62.2 Å². The molecule has 0 fully saturated rings. The second kappa shape index (κ2) is 13.0. The highest BCUT2D eigenvalue weighted by molar-refractivity contribution is 7.87. The van der Waals surface area contributed by atoms with Gasteiger partial charge in [-0.05, 0) is 30.7 Å². The van der Waals surface area contributed by atoms with Crippen molar-refractivity contribution in [2.45, 2.75) is 31.6 Å². The highest BCUT2D eigenvalue weighted by Gasteiger charge is 2.31. The molecule has 1 aliphatic heterocycles. The number of ether oxygens (including phenoxy) is 1. The molecule has 3 N–H and O–H groups in total. The summed E-state index contributed by atoms with van der Waals surface area (Å²) in [7, 11) is -4.81. The van der Waals surface area contributed by atoms with Crippen molar-refractivity contribution >= 4 is 33.5 Å². The first-order chi connectivity index (χ1) is 17.7. The summed E-state index contributed by atoms with van der Waals surface area (Å²) in [5, 5.41) is 2.77. The molecule has 2 aromatic carbocycles. The lowest BCUT2D eigenvalue weighted by molar-refractivity contribution is -0.122. The molecule has 0 saturated heterocycles. The quantitative estimate of drug-likeness (QED) is 0.227. The Morgan fingerprint density at radius 1 is 1.03 bits per heavy atom. The summed E-state index contributed by atoms with van der Waals surface area (Å²) in [6.45, 7) is 1.82. The van der Waals surface area contributed by atoms with Crippen molar-refractivity contribution in [3.8, 4) is 11.8 Å². The molecule has 196 valence electrons. The van der Waals surface area contributed by atoms with E-state index >= 15 is 0 Å². The standard InChI is InChI=1S/C26H29N3O7S/c1-2-36-16-14-24(30)28-17-23(37(33,34)35)26(32)27-15-13-25(31)29-18-21-9-4-3-7-19(21)11-12-20-8-5-6-10-22(20)29/h3-10,23H,2,13-18H2,1H3,(H,27,32)(H,28,30)(H,33,34,35). The molecule has 0 aliphatic carbocycles. The van der Waals surface area contributed by atoms with Gasteiger partial charge in [0.25, 0.3) is 10.1 Å². The summed E-state index contributed by atoms with van der Waals surface area (Å²) < 4.78 is 38.0. The molecule has 0 radical (unpaired) electrons. The van der Waals surface area contributed by atoms with Crippen LogP contribution in [0.25, 0.3) is 0 Å². The average Bonchev–Trinajstić information content (AvgIpc) is 2.85. The average molecular weight is 528 g/mol. The van der Waals surface area contributed by atoms with E-state index in [9.17, 15) is 27.4 Å². The molecule has 10 nitrogen and oxygen atoms in total. The Labute approximate surface area is 216 Å². The van der Waals surface area contributed by atoms with Gasteiger partial charge in [0.2, 0.25) is 17.7 Å². The molecule has 37 heavy (non-hydrogen) atoms. The number of anilines is 1.